The number of nitrogens with zero attached hydrogens (tertiary/aromatic N) is 2. The first-order chi connectivity index (χ1) is 12.6. The van der Waals surface area contributed by atoms with Gasteiger partial charge in [-0.25, -0.2) is 9.78 Å². The molecule has 0 saturated carbocycles. The topological polar surface area (TPSA) is 53.4 Å². The average Bonchev–Trinajstić information content (AvgIpc) is 2.67. The number of carboxylic acid groups (broad SMARTS) is 1. The first-order valence-electron chi connectivity index (χ1n) is 8.13. The van der Waals surface area contributed by atoms with Crippen molar-refractivity contribution < 1.29 is 9.90 Å². The number of pyridine rings is 1. The molecule has 0 bridgehead atoms. The molecule has 4 heteroatoms. The van der Waals surface area contributed by atoms with Gasteiger partial charge in [0.25, 0.3) is 0 Å². The highest BCUT2D eigenvalue weighted by Crippen LogP contribution is 2.28. The Morgan fingerprint density at radius 2 is 1.73 bits per heavy atom. The number of rotatable bonds is 3. The van der Waals surface area contributed by atoms with Gasteiger partial charge in [-0.2, -0.15) is 0 Å². The number of aromatic nitrogens is 1. The van der Waals surface area contributed by atoms with Crippen molar-refractivity contribution in [3.8, 4) is 23.0 Å². The second-order valence-electron chi connectivity index (χ2n) is 5.95. The molecule has 0 fully saturated rings. The highest BCUT2D eigenvalue weighted by Gasteiger charge is 2.15. The molecule has 2 aromatic carbocycles. The van der Waals surface area contributed by atoms with Crippen LogP contribution in [0.15, 0.2) is 66.9 Å². The fourth-order valence-corrected chi connectivity index (χ4v) is 2.61. The summed E-state index contributed by atoms with van der Waals surface area (Å²) >= 11 is 0. The Morgan fingerprint density at radius 1 is 0.962 bits per heavy atom. The van der Waals surface area contributed by atoms with Gasteiger partial charge in [0.05, 0.1) is 5.56 Å². The molecule has 3 aromatic rings. The van der Waals surface area contributed by atoms with Crippen LogP contribution in [0.1, 0.15) is 21.5 Å². The third-order valence-electron chi connectivity index (χ3n) is 3.90. The molecule has 0 unspecified atom stereocenters. The van der Waals surface area contributed by atoms with E-state index in [4.69, 9.17) is 0 Å². The van der Waals surface area contributed by atoms with Crippen molar-refractivity contribution in [2.24, 2.45) is 0 Å². The molecule has 3 rings (SSSR count). The highest BCUT2D eigenvalue weighted by molar-refractivity contribution is 5.97. The fourth-order valence-electron chi connectivity index (χ4n) is 2.61. The standard InChI is InChI=1S/C22H18N2O2/c1-24(2)20-14-13-18(15-23-20)21-17(9-6-10-19(21)22(25)26)12-11-16-7-4-3-5-8-16/h3-10,13-15H,1-2H3,(H,25,26). The minimum atomic E-state index is -0.986. The third-order valence-corrected chi connectivity index (χ3v) is 3.90. The van der Waals surface area contributed by atoms with Crippen molar-refractivity contribution >= 4 is 11.8 Å². The smallest absolute Gasteiger partial charge is 0.336 e. The maximum absolute atomic E-state index is 11.7. The number of benzene rings is 2. The van der Waals surface area contributed by atoms with Crippen LogP contribution < -0.4 is 4.90 Å². The molecule has 0 amide bonds. The zero-order chi connectivity index (χ0) is 18.5. The summed E-state index contributed by atoms with van der Waals surface area (Å²) in [4.78, 5) is 18.0. The van der Waals surface area contributed by atoms with Crippen LogP contribution in [0.5, 0.6) is 0 Å². The maximum atomic E-state index is 11.7. The van der Waals surface area contributed by atoms with Crippen molar-refractivity contribution in [1.29, 1.82) is 0 Å². The Morgan fingerprint density at radius 3 is 2.35 bits per heavy atom. The first kappa shape index (κ1) is 17.2. The molecule has 0 saturated heterocycles. The predicted molar refractivity (Wildman–Crippen MR) is 103 cm³/mol. The lowest BCUT2D eigenvalue weighted by Gasteiger charge is -2.13. The molecule has 128 valence electrons. The number of anilines is 1. The third kappa shape index (κ3) is 3.73. The Balaban J connectivity index is 2.13. The Labute approximate surface area is 152 Å². The van der Waals surface area contributed by atoms with E-state index in [0.29, 0.717) is 11.1 Å². The van der Waals surface area contributed by atoms with Crippen LogP contribution in [0.3, 0.4) is 0 Å². The molecule has 0 aliphatic heterocycles. The molecule has 1 heterocycles. The van der Waals surface area contributed by atoms with Crippen molar-refractivity contribution in [3.05, 3.63) is 83.6 Å². The van der Waals surface area contributed by atoms with Crippen LogP contribution in [0.2, 0.25) is 0 Å². The molecule has 1 N–H and O–H groups in total. The summed E-state index contributed by atoms with van der Waals surface area (Å²) in [7, 11) is 3.81. The maximum Gasteiger partial charge on any atom is 0.336 e. The molecule has 4 nitrogen and oxygen atoms in total. The van der Waals surface area contributed by atoms with Crippen molar-refractivity contribution in [2.75, 3.05) is 19.0 Å². The number of aromatic carboxylic acids is 1. The van der Waals surface area contributed by atoms with Gasteiger partial charge < -0.3 is 10.0 Å². The van der Waals surface area contributed by atoms with E-state index >= 15 is 0 Å². The Kier molecular flexibility index (Phi) is 5.00. The van der Waals surface area contributed by atoms with Gasteiger partial charge in [0, 0.05) is 42.5 Å². The van der Waals surface area contributed by atoms with Gasteiger partial charge >= 0.3 is 5.97 Å². The van der Waals surface area contributed by atoms with E-state index in [1.165, 1.54) is 0 Å². The molecular weight excluding hydrogens is 324 g/mol. The average molecular weight is 342 g/mol. The minimum Gasteiger partial charge on any atom is -0.478 e. The predicted octanol–water partition coefficient (Wildman–Crippen LogP) is 3.91. The van der Waals surface area contributed by atoms with Crippen molar-refractivity contribution in [2.45, 2.75) is 0 Å². The summed E-state index contributed by atoms with van der Waals surface area (Å²) in [5.41, 5.74) is 3.06. The Hall–Kier alpha value is -3.58. The van der Waals surface area contributed by atoms with E-state index in [2.05, 4.69) is 16.8 Å². The molecule has 0 aliphatic carbocycles. The van der Waals surface area contributed by atoms with Crippen LogP contribution in [-0.4, -0.2) is 30.2 Å². The van der Waals surface area contributed by atoms with Gasteiger partial charge in [0.2, 0.25) is 0 Å². The zero-order valence-corrected chi connectivity index (χ0v) is 14.6. The summed E-state index contributed by atoms with van der Waals surface area (Å²) < 4.78 is 0. The first-order valence-corrected chi connectivity index (χ1v) is 8.13. The summed E-state index contributed by atoms with van der Waals surface area (Å²) in [5.74, 6) is 6.02. The van der Waals surface area contributed by atoms with E-state index in [1.54, 1.807) is 18.3 Å². The quantitative estimate of drug-likeness (QED) is 0.733. The number of hydrogen-bond acceptors (Lipinski definition) is 3. The summed E-state index contributed by atoms with van der Waals surface area (Å²) in [6.45, 7) is 0. The van der Waals surface area contributed by atoms with Gasteiger partial charge in [-0.3, -0.25) is 0 Å². The van der Waals surface area contributed by atoms with Crippen molar-refractivity contribution in [1.82, 2.24) is 4.98 Å². The number of carbonyl (C=O) groups is 1. The van der Waals surface area contributed by atoms with E-state index in [9.17, 15) is 9.90 Å². The van der Waals surface area contributed by atoms with Gasteiger partial charge in [-0.1, -0.05) is 36.1 Å². The van der Waals surface area contributed by atoms with Crippen molar-refractivity contribution in [3.63, 3.8) is 0 Å². The molecular formula is C22H18N2O2. The Bertz CT molecular complexity index is 982. The molecule has 0 aliphatic rings. The summed E-state index contributed by atoms with van der Waals surface area (Å²) in [6.07, 6.45) is 1.69. The van der Waals surface area contributed by atoms with Gasteiger partial charge in [-0.15, -0.1) is 0 Å². The monoisotopic (exact) mass is 342 g/mol. The zero-order valence-electron chi connectivity index (χ0n) is 14.6. The van der Waals surface area contributed by atoms with Crippen LogP contribution in [0.25, 0.3) is 11.1 Å². The van der Waals surface area contributed by atoms with Crippen LogP contribution in [0, 0.1) is 11.8 Å². The lowest BCUT2D eigenvalue weighted by atomic mass is 9.95. The van der Waals surface area contributed by atoms with E-state index in [1.807, 2.05) is 67.5 Å². The van der Waals surface area contributed by atoms with E-state index in [-0.39, 0.29) is 5.56 Å². The van der Waals surface area contributed by atoms with Gasteiger partial charge in [-0.05, 0) is 36.4 Å². The molecule has 0 atom stereocenters. The van der Waals surface area contributed by atoms with Crippen LogP contribution >= 0.6 is 0 Å². The normalized spacial score (nSPS) is 9.92. The number of hydrogen-bond donors (Lipinski definition) is 1. The molecule has 0 spiro atoms. The lowest BCUT2D eigenvalue weighted by molar-refractivity contribution is 0.0697. The number of carboxylic acids is 1. The largest absolute Gasteiger partial charge is 0.478 e. The van der Waals surface area contributed by atoms with E-state index < -0.39 is 5.97 Å². The SMILES string of the molecule is CN(C)c1ccc(-c2c(C#Cc3ccccc3)cccc2C(=O)O)cn1. The summed E-state index contributed by atoms with van der Waals surface area (Å²) in [5, 5.41) is 9.60. The van der Waals surface area contributed by atoms with Gasteiger partial charge in [0.15, 0.2) is 0 Å². The summed E-state index contributed by atoms with van der Waals surface area (Å²) in [6, 6.07) is 18.5. The van der Waals surface area contributed by atoms with Crippen LogP contribution in [-0.2, 0) is 0 Å². The van der Waals surface area contributed by atoms with E-state index in [0.717, 1.165) is 16.9 Å². The second kappa shape index (κ2) is 7.54. The molecule has 0 radical (unpaired) electrons. The highest BCUT2D eigenvalue weighted by atomic mass is 16.4. The van der Waals surface area contributed by atoms with Gasteiger partial charge in [0.1, 0.15) is 5.82 Å². The lowest BCUT2D eigenvalue weighted by Crippen LogP contribution is -2.10. The fraction of sp³-hybridized carbons (Fsp3) is 0.0909. The molecule has 1 aromatic heterocycles. The minimum absolute atomic E-state index is 0.212. The second-order valence-corrected chi connectivity index (χ2v) is 5.95. The molecule has 26 heavy (non-hydrogen) atoms. The van der Waals surface area contributed by atoms with Crippen LogP contribution in [0.4, 0.5) is 5.82 Å².